The standard InChI is InChI=1S/C68H40N6/c69-41-43-33-37-45(38-34-43)63-65(71-55-25-9-1-17-47(55)48-18-2-10-26-56(48)71)66(72-57-27-11-3-19-49(57)50-20-4-12-28-58(50)72)64(46-39-35-44(42-70)36-40-46)68(74-61-31-15-7-23-53(61)54-24-8-16-32-62(54)74)67(63)73-59-29-13-5-21-51(59)52-22-6-14-30-60(52)73/h1-40H. The van der Waals surface area contributed by atoms with Crippen molar-refractivity contribution in [1.29, 1.82) is 10.5 Å². The lowest BCUT2D eigenvalue weighted by Gasteiger charge is -2.31. The van der Waals surface area contributed by atoms with Crippen LogP contribution in [0.25, 0.3) is 132 Å². The molecule has 0 atom stereocenters. The summed E-state index contributed by atoms with van der Waals surface area (Å²) < 4.78 is 9.99. The maximum atomic E-state index is 10.4. The quantitative estimate of drug-likeness (QED) is 0.167. The first-order valence-corrected chi connectivity index (χ1v) is 24.9. The van der Waals surface area contributed by atoms with Crippen LogP contribution >= 0.6 is 0 Å². The Morgan fingerprint density at radius 3 is 0.568 bits per heavy atom. The molecule has 11 aromatic carbocycles. The lowest BCUT2D eigenvalue weighted by Crippen LogP contribution is -2.16. The summed E-state index contributed by atoms with van der Waals surface area (Å²) in [7, 11) is 0. The molecule has 0 amide bonds. The van der Waals surface area contributed by atoms with E-state index in [1.165, 1.54) is 0 Å². The number of aromatic nitrogens is 4. The molecule has 4 aromatic heterocycles. The third-order valence-corrected chi connectivity index (χ3v) is 15.2. The number of nitriles is 2. The van der Waals surface area contributed by atoms with Crippen LogP contribution in [0, 0.1) is 22.7 Å². The second-order valence-corrected chi connectivity index (χ2v) is 19.0. The molecule has 0 saturated heterocycles. The van der Waals surface area contributed by atoms with Crippen molar-refractivity contribution in [1.82, 2.24) is 18.3 Å². The lowest BCUT2D eigenvalue weighted by molar-refractivity contribution is 1.05. The molecule has 0 aliphatic heterocycles. The van der Waals surface area contributed by atoms with Gasteiger partial charge >= 0.3 is 0 Å². The van der Waals surface area contributed by atoms with E-state index in [4.69, 9.17) is 0 Å². The number of hydrogen-bond donors (Lipinski definition) is 0. The molecule has 0 aliphatic rings. The summed E-state index contributed by atoms with van der Waals surface area (Å²) >= 11 is 0. The van der Waals surface area contributed by atoms with E-state index in [0.29, 0.717) is 11.1 Å². The number of benzene rings is 11. The Kier molecular flexibility index (Phi) is 8.99. The normalized spacial score (nSPS) is 11.8. The van der Waals surface area contributed by atoms with Gasteiger partial charge in [-0.2, -0.15) is 10.5 Å². The summed E-state index contributed by atoms with van der Waals surface area (Å²) in [6, 6.07) is 91.2. The summed E-state index contributed by atoms with van der Waals surface area (Å²) in [6.07, 6.45) is 0. The van der Waals surface area contributed by atoms with E-state index in [2.05, 4.69) is 249 Å². The zero-order valence-corrected chi connectivity index (χ0v) is 39.8. The largest absolute Gasteiger partial charge is 0.306 e. The predicted octanol–water partition coefficient (Wildman–Crippen LogP) is 17.2. The van der Waals surface area contributed by atoms with Gasteiger partial charge in [0.15, 0.2) is 0 Å². The molecule has 0 spiro atoms. The van der Waals surface area contributed by atoms with Gasteiger partial charge < -0.3 is 18.3 Å². The molecule has 0 fully saturated rings. The van der Waals surface area contributed by atoms with Crippen molar-refractivity contribution in [2.75, 3.05) is 0 Å². The molecule has 15 aromatic rings. The van der Waals surface area contributed by atoms with Crippen LogP contribution in [0.5, 0.6) is 0 Å². The highest BCUT2D eigenvalue weighted by Gasteiger charge is 2.35. The monoisotopic (exact) mass is 940 g/mol. The molecule has 6 nitrogen and oxygen atoms in total. The van der Waals surface area contributed by atoms with Crippen molar-refractivity contribution < 1.29 is 0 Å². The highest BCUT2D eigenvalue weighted by atomic mass is 15.1. The smallest absolute Gasteiger partial charge is 0.0991 e. The van der Waals surface area contributed by atoms with Crippen LogP contribution in [-0.2, 0) is 0 Å². The van der Waals surface area contributed by atoms with Crippen molar-refractivity contribution in [2.45, 2.75) is 0 Å². The highest BCUT2D eigenvalue weighted by molar-refractivity contribution is 6.18. The van der Waals surface area contributed by atoms with Crippen LogP contribution in [0.15, 0.2) is 243 Å². The first kappa shape index (κ1) is 41.4. The summed E-state index contributed by atoms with van der Waals surface area (Å²) in [5.74, 6) is 0. The van der Waals surface area contributed by atoms with Gasteiger partial charge in [-0.15, -0.1) is 0 Å². The van der Waals surface area contributed by atoms with E-state index in [1.54, 1.807) is 0 Å². The molecule has 15 rings (SSSR count). The fourth-order valence-corrected chi connectivity index (χ4v) is 12.2. The van der Waals surface area contributed by atoms with E-state index in [1.807, 2.05) is 24.3 Å². The van der Waals surface area contributed by atoms with Crippen molar-refractivity contribution in [3.8, 4) is 57.1 Å². The maximum Gasteiger partial charge on any atom is 0.0991 e. The van der Waals surface area contributed by atoms with Crippen molar-refractivity contribution in [3.63, 3.8) is 0 Å². The number of nitrogens with zero attached hydrogens (tertiary/aromatic N) is 6. The zero-order chi connectivity index (χ0) is 49.0. The van der Waals surface area contributed by atoms with Crippen LogP contribution in [0.1, 0.15) is 11.1 Å². The Bertz CT molecular complexity index is 4130. The summed E-state index contributed by atoms with van der Waals surface area (Å²) in [5.41, 5.74) is 17.2. The minimum Gasteiger partial charge on any atom is -0.306 e. The maximum absolute atomic E-state index is 10.4. The van der Waals surface area contributed by atoms with Crippen LogP contribution in [-0.4, -0.2) is 18.3 Å². The Morgan fingerprint density at radius 2 is 0.392 bits per heavy atom. The average molecular weight is 941 g/mol. The van der Waals surface area contributed by atoms with Gasteiger partial charge in [0, 0.05) is 54.2 Å². The van der Waals surface area contributed by atoms with Crippen molar-refractivity contribution in [3.05, 3.63) is 254 Å². The Morgan fingerprint density at radius 1 is 0.216 bits per heavy atom. The molecule has 0 radical (unpaired) electrons. The van der Waals surface area contributed by atoms with Crippen LogP contribution < -0.4 is 0 Å². The lowest BCUT2D eigenvalue weighted by atomic mass is 9.89. The molecule has 0 unspecified atom stereocenters. The van der Waals surface area contributed by atoms with Crippen molar-refractivity contribution in [2.24, 2.45) is 0 Å². The van der Waals surface area contributed by atoms with Gasteiger partial charge in [0.25, 0.3) is 0 Å². The summed E-state index contributed by atoms with van der Waals surface area (Å²) in [5, 5.41) is 29.9. The van der Waals surface area contributed by atoms with Gasteiger partial charge in [0.2, 0.25) is 0 Å². The molecule has 342 valence electrons. The molecule has 4 heterocycles. The first-order valence-electron chi connectivity index (χ1n) is 24.9. The van der Waals surface area contributed by atoms with Crippen molar-refractivity contribution >= 4 is 87.2 Å². The third kappa shape index (κ3) is 5.79. The van der Waals surface area contributed by atoms with Crippen LogP contribution in [0.3, 0.4) is 0 Å². The number of fused-ring (bicyclic) bond motifs is 12. The molecule has 74 heavy (non-hydrogen) atoms. The fraction of sp³-hybridized carbons (Fsp3) is 0. The summed E-state index contributed by atoms with van der Waals surface area (Å²) in [6.45, 7) is 0. The Labute approximate surface area is 424 Å². The predicted molar refractivity (Wildman–Crippen MR) is 304 cm³/mol. The first-order chi connectivity index (χ1) is 36.7. The zero-order valence-electron chi connectivity index (χ0n) is 39.8. The van der Waals surface area contributed by atoms with Gasteiger partial charge in [-0.25, -0.2) is 0 Å². The fourth-order valence-electron chi connectivity index (χ4n) is 12.2. The third-order valence-electron chi connectivity index (χ3n) is 15.2. The topological polar surface area (TPSA) is 67.3 Å². The van der Waals surface area contributed by atoms with Crippen LogP contribution in [0.2, 0.25) is 0 Å². The second-order valence-electron chi connectivity index (χ2n) is 19.0. The van der Waals surface area contributed by atoms with Gasteiger partial charge in [0.1, 0.15) is 0 Å². The molecule has 0 aliphatic carbocycles. The van der Waals surface area contributed by atoms with Gasteiger partial charge in [-0.05, 0) is 83.9 Å². The van der Waals surface area contributed by atoms with E-state index < -0.39 is 0 Å². The van der Waals surface area contributed by atoms with Crippen LogP contribution in [0.4, 0.5) is 0 Å². The highest BCUT2D eigenvalue weighted by Crippen LogP contribution is 2.54. The average Bonchev–Trinajstić information content (AvgIpc) is 4.25. The second kappa shape index (κ2) is 16.1. The van der Waals surface area contributed by atoms with E-state index in [0.717, 1.165) is 132 Å². The Balaban J connectivity index is 1.35. The van der Waals surface area contributed by atoms with Gasteiger partial charge in [0.05, 0.1) is 90.1 Å². The van der Waals surface area contributed by atoms with Gasteiger partial charge in [-0.1, -0.05) is 170 Å². The van der Waals surface area contributed by atoms with E-state index in [9.17, 15) is 10.5 Å². The minimum absolute atomic E-state index is 0.574. The number of rotatable bonds is 6. The molecule has 0 saturated carbocycles. The molecule has 6 heteroatoms. The number of hydrogen-bond acceptors (Lipinski definition) is 2. The van der Waals surface area contributed by atoms with E-state index in [-0.39, 0.29) is 0 Å². The SMILES string of the molecule is N#Cc1ccc(-c2c(-n3c4ccccc4c4ccccc43)c(-n3c4ccccc4c4ccccc43)c(-c3ccc(C#N)cc3)c(-n3c4ccccc4c4ccccc43)c2-n2c3ccccc3c3ccccc32)cc1. The Hall–Kier alpha value is -10.4. The number of para-hydroxylation sites is 8. The van der Waals surface area contributed by atoms with E-state index >= 15 is 0 Å². The molecular weight excluding hydrogens is 901 g/mol. The van der Waals surface area contributed by atoms with Gasteiger partial charge in [-0.3, -0.25) is 0 Å². The minimum atomic E-state index is 0.574. The molecule has 0 bridgehead atoms. The summed E-state index contributed by atoms with van der Waals surface area (Å²) in [4.78, 5) is 0. The molecular formula is C68H40N6. The molecule has 0 N–H and O–H groups in total.